The molecular formula is C20H24N4O4S. The fourth-order valence-corrected chi connectivity index (χ4v) is 3.99. The van der Waals surface area contributed by atoms with Gasteiger partial charge in [0.1, 0.15) is 11.0 Å². The summed E-state index contributed by atoms with van der Waals surface area (Å²) < 4.78 is 10.7. The summed E-state index contributed by atoms with van der Waals surface area (Å²) in [6, 6.07) is 4.95. The largest absolute Gasteiger partial charge is 0.454 e. The molecule has 2 atom stereocenters. The van der Waals surface area contributed by atoms with E-state index in [0.29, 0.717) is 21.6 Å². The fourth-order valence-electron chi connectivity index (χ4n) is 3.25. The molecule has 2 N–H and O–H groups in total. The zero-order valence-corrected chi connectivity index (χ0v) is 17.3. The van der Waals surface area contributed by atoms with E-state index in [0.717, 1.165) is 31.2 Å². The molecule has 2 heterocycles. The van der Waals surface area contributed by atoms with Crippen LogP contribution >= 0.6 is 11.3 Å². The van der Waals surface area contributed by atoms with Crippen molar-refractivity contribution in [2.75, 3.05) is 12.1 Å². The van der Waals surface area contributed by atoms with Crippen LogP contribution in [0, 0.1) is 11.8 Å². The predicted molar refractivity (Wildman–Crippen MR) is 109 cm³/mol. The number of hydrogen-bond donors (Lipinski definition) is 2. The lowest BCUT2D eigenvalue weighted by atomic mass is 9.84. The summed E-state index contributed by atoms with van der Waals surface area (Å²) in [6.07, 6.45) is 3.65. The van der Waals surface area contributed by atoms with Gasteiger partial charge in [-0.05, 0) is 37.0 Å². The molecule has 4 rings (SSSR count). The van der Waals surface area contributed by atoms with Crippen LogP contribution in [0.3, 0.4) is 0 Å². The summed E-state index contributed by atoms with van der Waals surface area (Å²) in [5.41, 5.74) is 0.837. The highest BCUT2D eigenvalue weighted by Gasteiger charge is 2.32. The molecule has 0 spiro atoms. The summed E-state index contributed by atoms with van der Waals surface area (Å²) in [7, 11) is 0. The molecule has 2 aromatic rings. The monoisotopic (exact) mass is 416 g/mol. The highest BCUT2D eigenvalue weighted by atomic mass is 32.1. The lowest BCUT2D eigenvalue weighted by molar-refractivity contribution is -0.132. The summed E-state index contributed by atoms with van der Waals surface area (Å²) in [5.74, 6) is 1.12. The third-order valence-electron chi connectivity index (χ3n) is 5.54. The minimum absolute atomic E-state index is 0.0141. The van der Waals surface area contributed by atoms with Gasteiger partial charge in [0.15, 0.2) is 11.5 Å². The van der Waals surface area contributed by atoms with E-state index in [1.54, 1.807) is 0 Å². The first-order valence-corrected chi connectivity index (χ1v) is 10.7. The molecule has 0 unspecified atom stereocenters. The van der Waals surface area contributed by atoms with Gasteiger partial charge < -0.3 is 14.8 Å². The number of benzene rings is 1. The van der Waals surface area contributed by atoms with Crippen LogP contribution in [0.2, 0.25) is 0 Å². The van der Waals surface area contributed by atoms with E-state index >= 15 is 0 Å². The second kappa shape index (κ2) is 8.36. The first kappa shape index (κ1) is 19.6. The minimum atomic E-state index is -0.592. The standard InChI is InChI=1S/C20H24N4O4S/c1-3-11(2)16(21-17(25)12-5-4-6-12)18(26)22-20-24-23-19(29-20)13-7-8-14-15(9-13)28-10-27-14/h7-9,11-12,16H,3-6,10H2,1-2H3,(H,21,25)(H,22,24,26)/t11-,16-/m1/s1. The van der Waals surface area contributed by atoms with Crippen molar-refractivity contribution in [3.8, 4) is 22.1 Å². The van der Waals surface area contributed by atoms with Gasteiger partial charge in [-0.1, -0.05) is 38.0 Å². The molecule has 0 radical (unpaired) electrons. The van der Waals surface area contributed by atoms with Gasteiger partial charge in [0, 0.05) is 11.5 Å². The van der Waals surface area contributed by atoms with Crippen LogP contribution in [-0.4, -0.2) is 34.8 Å². The lowest BCUT2D eigenvalue weighted by Crippen LogP contribution is -2.50. The van der Waals surface area contributed by atoms with E-state index in [1.807, 2.05) is 32.0 Å². The van der Waals surface area contributed by atoms with E-state index in [9.17, 15) is 9.59 Å². The number of rotatable bonds is 7. The Hall–Kier alpha value is -2.68. The second-order valence-corrected chi connectivity index (χ2v) is 8.45. The van der Waals surface area contributed by atoms with E-state index in [1.165, 1.54) is 11.3 Å². The van der Waals surface area contributed by atoms with Gasteiger partial charge in [0.2, 0.25) is 23.7 Å². The van der Waals surface area contributed by atoms with Gasteiger partial charge in [-0.25, -0.2) is 0 Å². The smallest absolute Gasteiger partial charge is 0.249 e. The zero-order valence-electron chi connectivity index (χ0n) is 16.4. The molecule has 1 aliphatic heterocycles. The SMILES string of the molecule is CC[C@@H](C)[C@@H](NC(=O)C1CCC1)C(=O)Nc1nnc(-c2ccc3c(c2)OCO3)s1. The molecule has 154 valence electrons. The average Bonchev–Trinajstić information content (AvgIpc) is 3.32. The first-order chi connectivity index (χ1) is 14.0. The van der Waals surface area contributed by atoms with Crippen LogP contribution < -0.4 is 20.1 Å². The van der Waals surface area contributed by atoms with E-state index < -0.39 is 6.04 Å². The molecule has 1 aromatic carbocycles. The Morgan fingerprint density at radius 2 is 2.03 bits per heavy atom. The van der Waals surface area contributed by atoms with Crippen molar-refractivity contribution in [2.45, 2.75) is 45.6 Å². The molecule has 9 heteroatoms. The highest BCUT2D eigenvalue weighted by Crippen LogP contribution is 2.37. The first-order valence-electron chi connectivity index (χ1n) is 9.90. The second-order valence-electron chi connectivity index (χ2n) is 7.47. The summed E-state index contributed by atoms with van der Waals surface area (Å²) in [5, 5.41) is 15.1. The van der Waals surface area contributed by atoms with Crippen LogP contribution in [-0.2, 0) is 9.59 Å². The van der Waals surface area contributed by atoms with Gasteiger partial charge in [-0.3, -0.25) is 14.9 Å². The third kappa shape index (κ3) is 4.19. The maximum Gasteiger partial charge on any atom is 0.249 e. The van der Waals surface area contributed by atoms with Crippen LogP contribution in [0.4, 0.5) is 5.13 Å². The molecule has 1 saturated carbocycles. The Bertz CT molecular complexity index is 912. The molecule has 1 aromatic heterocycles. The zero-order chi connectivity index (χ0) is 20.4. The maximum absolute atomic E-state index is 12.9. The van der Waals surface area contributed by atoms with Crippen molar-refractivity contribution in [3.63, 3.8) is 0 Å². The van der Waals surface area contributed by atoms with Crippen molar-refractivity contribution in [3.05, 3.63) is 18.2 Å². The van der Waals surface area contributed by atoms with Crippen LogP contribution in [0.15, 0.2) is 18.2 Å². The van der Waals surface area contributed by atoms with Gasteiger partial charge in [0.05, 0.1) is 0 Å². The van der Waals surface area contributed by atoms with Crippen LogP contribution in [0.5, 0.6) is 11.5 Å². The summed E-state index contributed by atoms with van der Waals surface area (Å²) >= 11 is 1.27. The highest BCUT2D eigenvalue weighted by molar-refractivity contribution is 7.18. The molecule has 2 aliphatic rings. The van der Waals surface area contributed by atoms with Gasteiger partial charge in [-0.2, -0.15) is 0 Å². The molecule has 0 bridgehead atoms. The number of carbonyl (C=O) groups is 2. The number of hydrogen-bond acceptors (Lipinski definition) is 7. The van der Waals surface area contributed by atoms with Crippen molar-refractivity contribution < 1.29 is 19.1 Å². The van der Waals surface area contributed by atoms with Crippen LogP contribution in [0.1, 0.15) is 39.5 Å². The average molecular weight is 417 g/mol. The Morgan fingerprint density at radius 1 is 1.24 bits per heavy atom. The molecule has 0 saturated heterocycles. The van der Waals surface area contributed by atoms with Crippen LogP contribution in [0.25, 0.3) is 10.6 Å². The molecule has 8 nitrogen and oxygen atoms in total. The van der Waals surface area contributed by atoms with Crippen molar-refractivity contribution in [2.24, 2.45) is 11.8 Å². The number of fused-ring (bicyclic) bond motifs is 1. The van der Waals surface area contributed by atoms with Crippen molar-refractivity contribution in [1.82, 2.24) is 15.5 Å². The molecule has 2 amide bonds. The Labute approximate surface area is 173 Å². The molecular weight excluding hydrogens is 392 g/mol. The fraction of sp³-hybridized carbons (Fsp3) is 0.500. The topological polar surface area (TPSA) is 102 Å². The molecule has 29 heavy (non-hydrogen) atoms. The lowest BCUT2D eigenvalue weighted by Gasteiger charge is -2.29. The summed E-state index contributed by atoms with van der Waals surface area (Å²) in [4.78, 5) is 25.2. The van der Waals surface area contributed by atoms with E-state index in [4.69, 9.17) is 9.47 Å². The third-order valence-corrected chi connectivity index (χ3v) is 6.43. The maximum atomic E-state index is 12.9. The van der Waals surface area contributed by atoms with E-state index in [-0.39, 0.29) is 30.4 Å². The molecule has 1 fully saturated rings. The van der Waals surface area contributed by atoms with Crippen molar-refractivity contribution >= 4 is 28.3 Å². The predicted octanol–water partition coefficient (Wildman–Crippen LogP) is 3.20. The number of carbonyl (C=O) groups excluding carboxylic acids is 2. The number of nitrogens with one attached hydrogen (secondary N) is 2. The molecule has 1 aliphatic carbocycles. The number of ether oxygens (including phenoxy) is 2. The normalized spacial score (nSPS) is 17.3. The Balaban J connectivity index is 1.44. The quantitative estimate of drug-likeness (QED) is 0.719. The van der Waals surface area contributed by atoms with Crippen molar-refractivity contribution in [1.29, 1.82) is 0 Å². The Morgan fingerprint density at radius 3 is 2.76 bits per heavy atom. The number of nitrogens with zero attached hydrogens (tertiary/aromatic N) is 2. The van der Waals surface area contributed by atoms with E-state index in [2.05, 4.69) is 20.8 Å². The number of anilines is 1. The Kier molecular flexibility index (Phi) is 5.66. The number of amides is 2. The summed E-state index contributed by atoms with van der Waals surface area (Å²) in [6.45, 7) is 4.17. The van der Waals surface area contributed by atoms with Gasteiger partial charge >= 0.3 is 0 Å². The number of aromatic nitrogens is 2. The van der Waals surface area contributed by atoms with Gasteiger partial charge in [0.25, 0.3) is 0 Å². The van der Waals surface area contributed by atoms with Gasteiger partial charge in [-0.15, -0.1) is 10.2 Å². The minimum Gasteiger partial charge on any atom is -0.454 e.